The summed E-state index contributed by atoms with van der Waals surface area (Å²) in [6.07, 6.45) is 4.01. The van der Waals surface area contributed by atoms with Gasteiger partial charge in [0.25, 0.3) is 0 Å². The first-order valence-electron chi connectivity index (χ1n) is 6.35. The fourth-order valence-corrected chi connectivity index (χ4v) is 4.58. The maximum Gasteiger partial charge on any atom is 0.199 e. The lowest BCUT2D eigenvalue weighted by Gasteiger charge is -2.21. The Labute approximate surface area is 112 Å². The van der Waals surface area contributed by atoms with Crippen LogP contribution in [0.5, 0.6) is 5.88 Å². The van der Waals surface area contributed by atoms with Crippen LogP contribution in [0.15, 0.2) is 24.4 Å². The number of methoxy groups -OCH3 is 1. The molecule has 1 fully saturated rings. The molecule has 1 unspecified atom stereocenters. The Balaban J connectivity index is 2.20. The summed E-state index contributed by atoms with van der Waals surface area (Å²) >= 11 is 0. The largest absolute Gasteiger partial charge is 0.482 e. The summed E-state index contributed by atoms with van der Waals surface area (Å²) < 4.78 is 31.6. The maximum absolute atomic E-state index is 12.2. The van der Waals surface area contributed by atoms with E-state index in [4.69, 9.17) is 4.74 Å². The Morgan fingerprint density at radius 3 is 2.95 bits per heavy atom. The number of sulfone groups is 1. The van der Waals surface area contributed by atoms with Gasteiger partial charge in [-0.3, -0.25) is 4.40 Å². The molecule has 5 nitrogen and oxygen atoms in total. The van der Waals surface area contributed by atoms with Crippen LogP contribution in [0.25, 0.3) is 5.52 Å². The number of ether oxygens (including phenoxy) is 1. The van der Waals surface area contributed by atoms with Crippen molar-refractivity contribution in [2.24, 2.45) is 0 Å². The Kier molecular flexibility index (Phi) is 2.97. The smallest absolute Gasteiger partial charge is 0.199 e. The molecule has 0 saturated carbocycles. The second-order valence-electron chi connectivity index (χ2n) is 4.80. The van der Waals surface area contributed by atoms with Crippen molar-refractivity contribution in [3.8, 4) is 5.88 Å². The second-order valence-corrected chi connectivity index (χ2v) is 7.10. The Morgan fingerprint density at radius 1 is 1.37 bits per heavy atom. The first kappa shape index (κ1) is 12.5. The topological polar surface area (TPSA) is 60.7 Å². The molecule has 1 aliphatic rings. The van der Waals surface area contributed by atoms with E-state index in [2.05, 4.69) is 4.98 Å². The van der Waals surface area contributed by atoms with Gasteiger partial charge in [0, 0.05) is 0 Å². The highest BCUT2D eigenvalue weighted by molar-refractivity contribution is 7.91. The normalized spacial score (nSPS) is 22.5. The third-order valence-electron chi connectivity index (χ3n) is 3.62. The molecule has 3 rings (SSSR count). The molecule has 1 aliphatic heterocycles. The van der Waals surface area contributed by atoms with Crippen molar-refractivity contribution in [1.29, 1.82) is 0 Å². The van der Waals surface area contributed by atoms with E-state index >= 15 is 0 Å². The number of rotatable bonds is 2. The molecule has 2 aromatic heterocycles. The Bertz CT molecular complexity index is 706. The monoisotopic (exact) mass is 280 g/mol. The zero-order chi connectivity index (χ0) is 13.5. The summed E-state index contributed by atoms with van der Waals surface area (Å²) in [4.78, 5) is 4.33. The number of hydrogen-bond donors (Lipinski definition) is 0. The molecule has 1 atom stereocenters. The molecule has 0 aromatic carbocycles. The summed E-state index contributed by atoms with van der Waals surface area (Å²) in [7, 11) is -1.52. The van der Waals surface area contributed by atoms with Gasteiger partial charge in [0.1, 0.15) is 11.1 Å². The summed E-state index contributed by atoms with van der Waals surface area (Å²) in [5, 5.41) is -0.514. The standard InChI is InChI=1S/C13H16N2O3S/c1-18-12-7-4-5-10-9-14-13(15(10)12)11-6-2-3-8-19(11,16)17/h4-5,7,9,11H,2-3,6,8H2,1H3. The van der Waals surface area contributed by atoms with Gasteiger partial charge in [-0.25, -0.2) is 13.4 Å². The van der Waals surface area contributed by atoms with E-state index in [1.165, 1.54) is 0 Å². The molecule has 0 aliphatic carbocycles. The highest BCUT2D eigenvalue weighted by Crippen LogP contribution is 2.34. The average molecular weight is 280 g/mol. The molecule has 0 amide bonds. The first-order chi connectivity index (χ1) is 9.13. The van der Waals surface area contributed by atoms with Crippen LogP contribution < -0.4 is 4.74 Å². The third-order valence-corrected chi connectivity index (χ3v) is 5.79. The second kappa shape index (κ2) is 4.52. The van der Waals surface area contributed by atoms with E-state index in [0.717, 1.165) is 18.4 Å². The van der Waals surface area contributed by atoms with Crippen molar-refractivity contribution in [1.82, 2.24) is 9.38 Å². The molecule has 0 radical (unpaired) electrons. The van der Waals surface area contributed by atoms with Crippen LogP contribution in [0.2, 0.25) is 0 Å². The van der Waals surface area contributed by atoms with E-state index < -0.39 is 15.1 Å². The predicted octanol–water partition coefficient (Wildman–Crippen LogP) is 1.98. The highest BCUT2D eigenvalue weighted by Gasteiger charge is 2.33. The Morgan fingerprint density at radius 2 is 2.21 bits per heavy atom. The van der Waals surface area contributed by atoms with Crippen molar-refractivity contribution in [2.45, 2.75) is 24.5 Å². The zero-order valence-electron chi connectivity index (χ0n) is 10.7. The van der Waals surface area contributed by atoms with Crippen molar-refractivity contribution in [2.75, 3.05) is 12.9 Å². The molecule has 0 bridgehead atoms. The molecule has 19 heavy (non-hydrogen) atoms. The molecule has 3 heterocycles. The van der Waals surface area contributed by atoms with E-state index in [9.17, 15) is 8.42 Å². The highest BCUT2D eigenvalue weighted by atomic mass is 32.2. The lowest BCUT2D eigenvalue weighted by atomic mass is 10.2. The van der Waals surface area contributed by atoms with Crippen LogP contribution in [0.3, 0.4) is 0 Å². The van der Waals surface area contributed by atoms with Gasteiger partial charge in [-0.15, -0.1) is 0 Å². The average Bonchev–Trinajstić information content (AvgIpc) is 2.82. The van der Waals surface area contributed by atoms with Crippen molar-refractivity contribution < 1.29 is 13.2 Å². The maximum atomic E-state index is 12.2. The van der Waals surface area contributed by atoms with Crippen LogP contribution in [0.1, 0.15) is 30.3 Å². The molecule has 0 spiro atoms. The van der Waals surface area contributed by atoms with Gasteiger partial charge in [-0.2, -0.15) is 0 Å². The molecule has 1 saturated heterocycles. The zero-order valence-corrected chi connectivity index (χ0v) is 11.6. The van der Waals surface area contributed by atoms with E-state index in [0.29, 0.717) is 18.1 Å². The van der Waals surface area contributed by atoms with Crippen LogP contribution in [-0.2, 0) is 9.84 Å². The third kappa shape index (κ3) is 2.00. The number of nitrogens with zero attached hydrogens (tertiary/aromatic N) is 2. The fraction of sp³-hybridized carbons (Fsp3) is 0.462. The molecular weight excluding hydrogens is 264 g/mol. The molecule has 102 valence electrons. The number of aromatic nitrogens is 2. The first-order valence-corrected chi connectivity index (χ1v) is 8.07. The lowest BCUT2D eigenvalue weighted by molar-refractivity contribution is 0.389. The van der Waals surface area contributed by atoms with Gasteiger partial charge in [-0.05, 0) is 25.0 Å². The van der Waals surface area contributed by atoms with Crippen LogP contribution in [-0.4, -0.2) is 30.7 Å². The van der Waals surface area contributed by atoms with Gasteiger partial charge in [-0.1, -0.05) is 12.5 Å². The van der Waals surface area contributed by atoms with Gasteiger partial charge < -0.3 is 4.74 Å². The number of imidazole rings is 1. The molecule has 6 heteroatoms. The molecule has 0 N–H and O–H groups in total. The number of hydrogen-bond acceptors (Lipinski definition) is 4. The summed E-state index contributed by atoms with van der Waals surface area (Å²) in [6.45, 7) is 0. The SMILES string of the molecule is COc1cccc2cnc(C3CCCCS3(=O)=O)n12. The Hall–Kier alpha value is -1.56. The minimum absolute atomic E-state index is 0.252. The minimum Gasteiger partial charge on any atom is -0.482 e. The van der Waals surface area contributed by atoms with Crippen molar-refractivity contribution in [3.63, 3.8) is 0 Å². The van der Waals surface area contributed by atoms with Gasteiger partial charge in [0.05, 0.1) is 24.6 Å². The van der Waals surface area contributed by atoms with Crippen LogP contribution >= 0.6 is 0 Å². The van der Waals surface area contributed by atoms with Crippen molar-refractivity contribution in [3.05, 3.63) is 30.2 Å². The van der Waals surface area contributed by atoms with E-state index in [-0.39, 0.29) is 5.75 Å². The van der Waals surface area contributed by atoms with Gasteiger partial charge in [0.2, 0.25) is 0 Å². The van der Waals surface area contributed by atoms with Crippen LogP contribution in [0, 0.1) is 0 Å². The van der Waals surface area contributed by atoms with E-state index in [1.54, 1.807) is 17.7 Å². The summed E-state index contributed by atoms with van der Waals surface area (Å²) in [5.74, 6) is 1.44. The molecule has 2 aromatic rings. The number of pyridine rings is 1. The summed E-state index contributed by atoms with van der Waals surface area (Å²) in [5.41, 5.74) is 0.857. The van der Waals surface area contributed by atoms with E-state index in [1.807, 2.05) is 18.2 Å². The quantitative estimate of drug-likeness (QED) is 0.844. The van der Waals surface area contributed by atoms with Crippen LogP contribution in [0.4, 0.5) is 0 Å². The summed E-state index contributed by atoms with van der Waals surface area (Å²) in [6, 6.07) is 5.58. The lowest BCUT2D eigenvalue weighted by Crippen LogP contribution is -2.23. The molecular formula is C13H16N2O3S. The van der Waals surface area contributed by atoms with Gasteiger partial charge >= 0.3 is 0 Å². The fourth-order valence-electron chi connectivity index (χ4n) is 2.67. The van der Waals surface area contributed by atoms with Gasteiger partial charge in [0.15, 0.2) is 15.7 Å². The number of fused-ring (bicyclic) bond motifs is 1. The minimum atomic E-state index is -3.10. The van der Waals surface area contributed by atoms with Crippen molar-refractivity contribution >= 4 is 15.4 Å². The predicted molar refractivity (Wildman–Crippen MR) is 72.1 cm³/mol.